The summed E-state index contributed by atoms with van der Waals surface area (Å²) in [6.45, 7) is 0.618. The van der Waals surface area contributed by atoms with Gasteiger partial charge in [0.05, 0.1) is 25.7 Å². The molecule has 0 radical (unpaired) electrons. The Morgan fingerprint density at radius 2 is 2.05 bits per heavy atom. The van der Waals surface area contributed by atoms with Gasteiger partial charge in [0.2, 0.25) is 5.91 Å². The van der Waals surface area contributed by atoms with E-state index in [1.54, 1.807) is 6.07 Å². The molecule has 1 aromatic rings. The highest BCUT2D eigenvalue weighted by Gasteiger charge is 2.47. The van der Waals surface area contributed by atoms with Gasteiger partial charge in [-0.25, -0.2) is 0 Å². The minimum atomic E-state index is -0.606. The molecular formula is C14H16ClNO4. The van der Waals surface area contributed by atoms with E-state index in [2.05, 4.69) is 5.32 Å². The number of aliphatic hydroxyl groups excluding tert-OH is 1. The van der Waals surface area contributed by atoms with Gasteiger partial charge in [0.1, 0.15) is 18.3 Å². The Kier molecular flexibility index (Phi) is 3.94. The molecule has 2 saturated heterocycles. The number of hydrogen-bond acceptors (Lipinski definition) is 4. The van der Waals surface area contributed by atoms with E-state index in [-0.39, 0.29) is 37.2 Å². The zero-order chi connectivity index (χ0) is 14.1. The van der Waals surface area contributed by atoms with E-state index >= 15 is 0 Å². The lowest BCUT2D eigenvalue weighted by molar-refractivity contribution is -0.121. The second kappa shape index (κ2) is 5.69. The number of carbonyl (C=O) groups is 1. The second-order valence-corrected chi connectivity index (χ2v) is 5.51. The van der Waals surface area contributed by atoms with Gasteiger partial charge in [-0.05, 0) is 11.6 Å². The van der Waals surface area contributed by atoms with Crippen LogP contribution in [0.3, 0.4) is 0 Å². The van der Waals surface area contributed by atoms with E-state index in [1.807, 2.05) is 18.2 Å². The third kappa shape index (κ3) is 2.67. The van der Waals surface area contributed by atoms with Crippen LogP contribution in [-0.2, 0) is 20.7 Å². The predicted molar refractivity (Wildman–Crippen MR) is 72.6 cm³/mol. The lowest BCUT2D eigenvalue weighted by Crippen LogP contribution is -2.44. The Bertz CT molecular complexity index is 510. The Morgan fingerprint density at radius 1 is 1.30 bits per heavy atom. The van der Waals surface area contributed by atoms with Crippen molar-refractivity contribution in [3.05, 3.63) is 34.9 Å². The highest BCUT2D eigenvalue weighted by Crippen LogP contribution is 2.27. The average Bonchev–Trinajstić information content (AvgIpc) is 2.97. The van der Waals surface area contributed by atoms with Crippen molar-refractivity contribution in [3.8, 4) is 0 Å². The molecule has 0 spiro atoms. The highest BCUT2D eigenvalue weighted by atomic mass is 35.5. The molecule has 0 aromatic heterocycles. The highest BCUT2D eigenvalue weighted by molar-refractivity contribution is 6.31. The largest absolute Gasteiger partial charge is 0.388 e. The molecule has 3 rings (SSSR count). The second-order valence-electron chi connectivity index (χ2n) is 5.11. The van der Waals surface area contributed by atoms with E-state index in [4.69, 9.17) is 21.1 Å². The van der Waals surface area contributed by atoms with Gasteiger partial charge in [0.25, 0.3) is 0 Å². The summed E-state index contributed by atoms with van der Waals surface area (Å²) in [5.41, 5.74) is 0.787. The molecule has 108 valence electrons. The van der Waals surface area contributed by atoms with Gasteiger partial charge in [0.15, 0.2) is 0 Å². The van der Waals surface area contributed by atoms with E-state index < -0.39 is 6.10 Å². The van der Waals surface area contributed by atoms with Crippen LogP contribution < -0.4 is 5.32 Å². The number of halogens is 1. The standard InChI is InChI=1S/C14H16ClNO4/c15-9-4-2-1-3-8(9)5-12(18)16-10-6-19-14-11(17)7-20-13(10)14/h1-4,10-11,13-14,17H,5-7H2,(H,16,18)/t10-,11+,13+,14+/m0/s1. The van der Waals surface area contributed by atoms with E-state index in [0.29, 0.717) is 11.6 Å². The molecule has 6 heteroatoms. The summed E-state index contributed by atoms with van der Waals surface area (Å²) >= 11 is 6.03. The van der Waals surface area contributed by atoms with Gasteiger partial charge in [-0.15, -0.1) is 0 Å². The first-order valence-corrected chi connectivity index (χ1v) is 6.97. The van der Waals surface area contributed by atoms with Gasteiger partial charge in [-0.1, -0.05) is 29.8 Å². The lowest BCUT2D eigenvalue weighted by atomic mass is 10.1. The van der Waals surface area contributed by atoms with Crippen LogP contribution in [-0.4, -0.2) is 48.6 Å². The zero-order valence-electron chi connectivity index (χ0n) is 10.8. The number of fused-ring (bicyclic) bond motifs is 1. The van der Waals surface area contributed by atoms with Crippen LogP contribution in [0.1, 0.15) is 5.56 Å². The van der Waals surface area contributed by atoms with Crippen LogP contribution in [0.5, 0.6) is 0 Å². The van der Waals surface area contributed by atoms with Gasteiger partial charge in [0, 0.05) is 5.02 Å². The Hall–Kier alpha value is -1.14. The molecule has 0 bridgehead atoms. The number of hydrogen-bond donors (Lipinski definition) is 2. The minimum absolute atomic E-state index is 0.127. The Morgan fingerprint density at radius 3 is 2.85 bits per heavy atom. The predicted octanol–water partition coefficient (Wildman–Crippen LogP) is 0.526. The maximum absolute atomic E-state index is 12.0. The lowest BCUT2D eigenvalue weighted by Gasteiger charge is -2.17. The van der Waals surface area contributed by atoms with E-state index in [1.165, 1.54) is 0 Å². The summed E-state index contributed by atoms with van der Waals surface area (Å²) in [7, 11) is 0. The number of nitrogens with one attached hydrogen (secondary N) is 1. The summed E-state index contributed by atoms with van der Waals surface area (Å²) in [4.78, 5) is 12.0. The molecule has 2 aliphatic heterocycles. The maximum Gasteiger partial charge on any atom is 0.224 e. The maximum atomic E-state index is 12.0. The molecule has 2 N–H and O–H groups in total. The summed E-state index contributed by atoms with van der Waals surface area (Å²) in [5.74, 6) is -0.127. The summed E-state index contributed by atoms with van der Waals surface area (Å²) in [6.07, 6.45) is -0.984. The first-order chi connectivity index (χ1) is 9.65. The van der Waals surface area contributed by atoms with Crippen LogP contribution in [0.15, 0.2) is 24.3 Å². The smallest absolute Gasteiger partial charge is 0.224 e. The van der Waals surface area contributed by atoms with Crippen molar-refractivity contribution in [3.63, 3.8) is 0 Å². The van der Waals surface area contributed by atoms with Gasteiger partial charge >= 0.3 is 0 Å². The van der Waals surface area contributed by atoms with Crippen LogP contribution in [0.4, 0.5) is 0 Å². The number of rotatable bonds is 3. The summed E-state index contributed by atoms with van der Waals surface area (Å²) < 4.78 is 10.9. The molecular weight excluding hydrogens is 282 g/mol. The topological polar surface area (TPSA) is 67.8 Å². The molecule has 4 atom stereocenters. The van der Waals surface area contributed by atoms with E-state index in [9.17, 15) is 9.90 Å². The van der Waals surface area contributed by atoms with Crippen molar-refractivity contribution >= 4 is 17.5 Å². The SMILES string of the molecule is O=C(Cc1ccccc1Cl)N[C@H]1CO[C@H]2[C@@H]1OC[C@H]2O. The number of carbonyl (C=O) groups excluding carboxylic acids is 1. The molecule has 2 heterocycles. The Labute approximate surface area is 121 Å². The minimum Gasteiger partial charge on any atom is -0.388 e. The summed E-state index contributed by atoms with van der Waals surface area (Å²) in [5, 5.41) is 13.1. The van der Waals surface area contributed by atoms with Crippen LogP contribution in [0, 0.1) is 0 Å². The fourth-order valence-corrected chi connectivity index (χ4v) is 2.88. The first-order valence-electron chi connectivity index (χ1n) is 6.59. The first kappa shape index (κ1) is 13.8. The number of benzene rings is 1. The quantitative estimate of drug-likeness (QED) is 0.854. The Balaban J connectivity index is 1.59. The molecule has 0 aliphatic carbocycles. The number of amides is 1. The normalized spacial score (nSPS) is 32.1. The third-order valence-electron chi connectivity index (χ3n) is 3.68. The van der Waals surface area contributed by atoms with Crippen molar-refractivity contribution in [1.29, 1.82) is 0 Å². The molecule has 0 unspecified atom stereocenters. The molecule has 1 amide bonds. The molecule has 2 aliphatic rings. The number of ether oxygens (including phenoxy) is 2. The molecule has 0 saturated carbocycles. The van der Waals surface area contributed by atoms with Gasteiger partial charge in [-0.3, -0.25) is 4.79 Å². The molecule has 20 heavy (non-hydrogen) atoms. The van der Waals surface area contributed by atoms with Gasteiger partial charge in [-0.2, -0.15) is 0 Å². The average molecular weight is 298 g/mol. The van der Waals surface area contributed by atoms with E-state index in [0.717, 1.165) is 5.56 Å². The zero-order valence-corrected chi connectivity index (χ0v) is 11.5. The van der Waals surface area contributed by atoms with Crippen molar-refractivity contribution < 1.29 is 19.4 Å². The van der Waals surface area contributed by atoms with Crippen molar-refractivity contribution in [2.45, 2.75) is 30.8 Å². The molecule has 5 nitrogen and oxygen atoms in total. The van der Waals surface area contributed by atoms with Crippen molar-refractivity contribution in [2.24, 2.45) is 0 Å². The fourth-order valence-electron chi connectivity index (χ4n) is 2.68. The van der Waals surface area contributed by atoms with Crippen molar-refractivity contribution in [1.82, 2.24) is 5.32 Å². The molecule has 2 fully saturated rings. The monoisotopic (exact) mass is 297 g/mol. The third-order valence-corrected chi connectivity index (χ3v) is 4.05. The van der Waals surface area contributed by atoms with Crippen LogP contribution >= 0.6 is 11.6 Å². The van der Waals surface area contributed by atoms with Crippen molar-refractivity contribution in [2.75, 3.05) is 13.2 Å². The summed E-state index contributed by atoms with van der Waals surface area (Å²) in [6, 6.07) is 7.04. The van der Waals surface area contributed by atoms with Crippen LogP contribution in [0.25, 0.3) is 0 Å². The molecule has 1 aromatic carbocycles. The van der Waals surface area contributed by atoms with Gasteiger partial charge < -0.3 is 19.9 Å². The fraction of sp³-hybridized carbons (Fsp3) is 0.500. The number of aliphatic hydroxyl groups is 1. The van der Waals surface area contributed by atoms with Crippen LogP contribution in [0.2, 0.25) is 5.02 Å².